The highest BCUT2D eigenvalue weighted by molar-refractivity contribution is 7.80. The zero-order chi connectivity index (χ0) is 111. The average Bonchev–Trinajstić information content (AvgIpc) is 1.71. The molecular formula is C86H142N22O36S. The summed E-state index contributed by atoms with van der Waals surface area (Å²) in [7, 11) is 0. The lowest BCUT2D eigenvalue weighted by atomic mass is 9.96. The fourth-order valence-corrected chi connectivity index (χ4v) is 14.3. The molecule has 0 aromatic rings. The van der Waals surface area contributed by atoms with E-state index in [0.29, 0.717) is 6.42 Å². The van der Waals surface area contributed by atoms with E-state index in [1.807, 2.05) is 0 Å². The van der Waals surface area contributed by atoms with Crippen molar-refractivity contribution in [2.75, 3.05) is 32.0 Å². The summed E-state index contributed by atoms with van der Waals surface area (Å²) >= 11 is 4.12. The molecule has 818 valence electrons. The smallest absolute Gasteiger partial charge is 0.326 e. The maximum absolute atomic E-state index is 14.5. The first-order chi connectivity index (χ1) is 67.5. The first-order valence-corrected chi connectivity index (χ1v) is 47.2. The summed E-state index contributed by atoms with van der Waals surface area (Å²) in [6, 6.07) is -33.9. The van der Waals surface area contributed by atoms with Gasteiger partial charge in [-0.15, -0.1) is 0 Å². The number of carboxylic acids is 6. The van der Waals surface area contributed by atoms with Gasteiger partial charge in [0.1, 0.15) is 109 Å². The maximum atomic E-state index is 14.5. The second kappa shape index (κ2) is 64.2. The normalized spacial score (nSPS) is 16.8. The molecule has 145 heavy (non-hydrogen) atoms. The SMILES string of the molecule is CC[C@H](C)[C@H](NC(=O)[C@@H](NC(=O)CNC(=O)[C@H](CC(N)=O)NC(=O)[C@@H](N)CCC(=O)O)[C@@H](C)O)C(=O)N[C@H](C(=O)N[C@@H](CC(=O)O)C(=O)N[C@@H](C)C(=O)N[C@H](C(=O)N[C@@H](CC(=O)O)C(=O)N[C@@H](CS)C(=O)N[C@@H](C)C(=O)N[C@@H](CC(C)C)C(=O)N[C@@H](CC(=O)O)C(=O)N1CCC[C@H]1C(=O)N[C@@H](CC(C)C)C(=O)N[C@@H](CO)C(=O)N[C@@H](CCC(=O)O)C(=O)N[C@H](C(=O)N[C@@H](CCCCN)C(=O)O)[C@@H](C)O)C(C)C)[C@@H](C)O. The van der Waals surface area contributed by atoms with Gasteiger partial charge in [-0.3, -0.25) is 120 Å². The van der Waals surface area contributed by atoms with Crippen molar-refractivity contribution in [1.82, 2.24) is 101 Å². The van der Waals surface area contributed by atoms with Gasteiger partial charge in [0.05, 0.1) is 63.2 Å². The Kier molecular flexibility index (Phi) is 57.2. The average molecular weight is 2090 g/mol. The van der Waals surface area contributed by atoms with E-state index in [9.17, 15) is 171 Å². The zero-order valence-electron chi connectivity index (χ0n) is 82.6. The van der Waals surface area contributed by atoms with Crippen molar-refractivity contribution in [3.05, 3.63) is 0 Å². The molecule has 59 heteroatoms. The molecule has 34 N–H and O–H groups in total. The van der Waals surface area contributed by atoms with Gasteiger partial charge in [0.25, 0.3) is 0 Å². The van der Waals surface area contributed by atoms with Crippen LogP contribution in [0.25, 0.3) is 0 Å². The Balaban J connectivity index is 3.39. The van der Waals surface area contributed by atoms with E-state index in [4.69, 9.17) is 22.3 Å². The van der Waals surface area contributed by atoms with Crippen molar-refractivity contribution in [2.45, 2.75) is 326 Å². The summed E-state index contributed by atoms with van der Waals surface area (Å²) in [6.07, 6.45) is -11.9. The molecule has 0 aromatic carbocycles. The van der Waals surface area contributed by atoms with Crippen molar-refractivity contribution >= 4 is 167 Å². The lowest BCUT2D eigenvalue weighted by Crippen LogP contribution is -2.63. The lowest BCUT2D eigenvalue weighted by Gasteiger charge is -2.31. The Morgan fingerprint density at radius 3 is 1.19 bits per heavy atom. The molecule has 0 aliphatic carbocycles. The number of nitrogens with one attached hydrogen (secondary N) is 18. The Morgan fingerprint density at radius 2 is 0.738 bits per heavy atom. The number of unbranched alkanes of at least 4 members (excludes halogenated alkanes) is 1. The summed E-state index contributed by atoms with van der Waals surface area (Å²) in [5, 5.41) is 140. The minimum absolute atomic E-state index is 0.0884. The highest BCUT2D eigenvalue weighted by Gasteiger charge is 2.45. The maximum Gasteiger partial charge on any atom is 0.326 e. The molecule has 0 bridgehead atoms. The van der Waals surface area contributed by atoms with Crippen LogP contribution >= 0.6 is 12.6 Å². The monoisotopic (exact) mass is 2090 g/mol. The standard InChI is InChI=1S/C86H142N22O36S/c1-14-38(8)64(105-84(141)65(41(11)110)103-57(114)32-90-71(128)49(28-56(89)113)96-70(127)44(88)20-22-58(115)116)81(138)107-67(43(13)112)83(140)99-50(29-60(119)120)73(130)91-40(10)69(126)104-63(37(6)7)80(137)98-51(30-61(121)122)76(133)102-54(34-145)78(135)92-39(9)68(125)95-47(26-35(2)3)74(131)100-52(31-62(123)124)85(142)108-25-17-19-55(108)79(136)97-48(27-36(4)5)75(132)101-53(33-109)77(134)93-45(21-23-59(117)118)72(129)106-66(42(12)111)82(139)94-46(86(143)144)18-15-16-24-87/h35-55,63-67,109-112,145H,14-34,87-88H2,1-13H3,(H2,89,113)(H,90,128)(H,91,130)(H,92,135)(H,93,134)(H,94,139)(H,95,125)(H,96,127)(H,97,136)(H,98,137)(H,99,140)(H,100,131)(H,101,132)(H,102,133)(H,103,114)(H,104,126)(H,105,141)(H,106,129)(H,107,138)(H,115,116)(H,117,118)(H,119,120)(H,121,122)(H,123,124)(H,143,144)/t38-,39-,40-,41+,42+,43+,44-,45-,46-,47-,48-,49-,50-,51-,52-,53-,54-,55-,63-,64-,65-,66-,67-/m0/s1. The molecule has 23 atom stereocenters. The molecule has 0 unspecified atom stereocenters. The summed E-state index contributed by atoms with van der Waals surface area (Å²) in [5.74, 6) is -36.8. The van der Waals surface area contributed by atoms with Crippen molar-refractivity contribution in [1.29, 1.82) is 0 Å². The summed E-state index contributed by atoms with van der Waals surface area (Å²) in [4.78, 5) is 346. The first-order valence-electron chi connectivity index (χ1n) is 46.5. The third-order valence-corrected chi connectivity index (χ3v) is 22.6. The van der Waals surface area contributed by atoms with E-state index in [1.165, 1.54) is 20.8 Å². The molecule has 1 rings (SSSR count). The molecular weight excluding hydrogens is 1950 g/mol. The number of likely N-dealkylation sites (tertiary alicyclic amines) is 1. The Labute approximate surface area is 838 Å². The van der Waals surface area contributed by atoms with Gasteiger partial charge < -0.3 is 169 Å². The zero-order valence-corrected chi connectivity index (χ0v) is 83.5. The Morgan fingerprint density at radius 1 is 0.372 bits per heavy atom. The van der Waals surface area contributed by atoms with Gasteiger partial charge in [-0.05, 0) is 123 Å². The van der Waals surface area contributed by atoms with Crippen LogP contribution in [0.15, 0.2) is 0 Å². The second-order valence-corrected chi connectivity index (χ2v) is 36.4. The molecule has 0 radical (unpaired) electrons. The molecule has 20 amide bonds. The minimum Gasteiger partial charge on any atom is -0.481 e. The number of nitrogens with zero attached hydrogens (tertiary/aromatic N) is 1. The number of hydrogen-bond acceptors (Lipinski definition) is 33. The van der Waals surface area contributed by atoms with Gasteiger partial charge in [-0.25, -0.2) is 4.79 Å². The van der Waals surface area contributed by atoms with Gasteiger partial charge >= 0.3 is 35.8 Å². The van der Waals surface area contributed by atoms with Gasteiger partial charge in [0.15, 0.2) is 0 Å². The quantitative estimate of drug-likeness (QED) is 0.0199. The van der Waals surface area contributed by atoms with E-state index in [0.717, 1.165) is 39.5 Å². The van der Waals surface area contributed by atoms with E-state index in [1.54, 1.807) is 34.6 Å². The van der Waals surface area contributed by atoms with Crippen LogP contribution in [-0.2, 0) is 125 Å². The Hall–Kier alpha value is -13.7. The number of thiol groups is 1. The molecule has 0 aromatic heterocycles. The van der Waals surface area contributed by atoms with E-state index in [2.05, 4.69) is 108 Å². The van der Waals surface area contributed by atoms with Crippen LogP contribution in [0.3, 0.4) is 0 Å². The Bertz CT molecular complexity index is 4560. The summed E-state index contributed by atoms with van der Waals surface area (Å²) in [5.41, 5.74) is 16.4. The van der Waals surface area contributed by atoms with Gasteiger partial charge in [-0.2, -0.15) is 12.6 Å². The third kappa shape index (κ3) is 46.7. The fraction of sp³-hybridized carbons (Fsp3) is 0.698. The van der Waals surface area contributed by atoms with Crippen LogP contribution in [0.5, 0.6) is 0 Å². The molecule has 1 aliphatic rings. The number of aliphatic hydroxyl groups is 4. The number of aliphatic hydroxyl groups excluding tert-OH is 4. The largest absolute Gasteiger partial charge is 0.481 e. The number of hydrogen-bond donors (Lipinski definition) is 32. The molecule has 58 nitrogen and oxygen atoms in total. The highest BCUT2D eigenvalue weighted by Crippen LogP contribution is 2.22. The first kappa shape index (κ1) is 129. The molecule has 1 saturated heterocycles. The van der Waals surface area contributed by atoms with Crippen LogP contribution in [0, 0.1) is 23.7 Å². The fourth-order valence-electron chi connectivity index (χ4n) is 14.0. The topological polar surface area (TPSA) is 944 Å². The van der Waals surface area contributed by atoms with Gasteiger partial charge in [0.2, 0.25) is 118 Å². The van der Waals surface area contributed by atoms with E-state index < -0.39 is 375 Å². The summed E-state index contributed by atoms with van der Waals surface area (Å²) in [6.45, 7) is 15.1. The molecule has 1 aliphatic heterocycles. The second-order valence-electron chi connectivity index (χ2n) is 36.0. The van der Waals surface area contributed by atoms with E-state index in [-0.39, 0.29) is 64.5 Å². The van der Waals surface area contributed by atoms with Crippen LogP contribution in [0.2, 0.25) is 0 Å². The van der Waals surface area contributed by atoms with Gasteiger partial charge in [-0.1, -0.05) is 61.8 Å². The number of rotatable bonds is 68. The number of nitrogens with two attached hydrogens (primary N) is 3. The van der Waals surface area contributed by atoms with Crippen LogP contribution in [-0.4, -0.2) is 375 Å². The minimum atomic E-state index is -2.14. The van der Waals surface area contributed by atoms with Crippen LogP contribution in [0.4, 0.5) is 0 Å². The number of amides is 20. The molecule has 1 heterocycles. The highest BCUT2D eigenvalue weighted by atomic mass is 32.1. The van der Waals surface area contributed by atoms with Crippen LogP contribution < -0.4 is 113 Å². The number of carbonyl (C=O) groups is 26. The van der Waals surface area contributed by atoms with Crippen molar-refractivity contribution in [3.8, 4) is 0 Å². The third-order valence-electron chi connectivity index (χ3n) is 22.2. The predicted molar refractivity (Wildman–Crippen MR) is 504 cm³/mol. The van der Waals surface area contributed by atoms with Gasteiger partial charge in [0, 0.05) is 25.1 Å². The number of carboxylic acid groups (broad SMARTS) is 6. The number of carbonyl (C=O) groups excluding carboxylic acids is 20. The van der Waals surface area contributed by atoms with Crippen LogP contribution in [0.1, 0.15) is 193 Å². The van der Waals surface area contributed by atoms with E-state index >= 15 is 0 Å². The number of primary amides is 1. The summed E-state index contributed by atoms with van der Waals surface area (Å²) < 4.78 is 0. The van der Waals surface area contributed by atoms with Crippen molar-refractivity contribution < 1.29 is 176 Å². The molecule has 0 spiro atoms. The number of aliphatic carboxylic acids is 6. The molecule has 0 saturated carbocycles. The van der Waals surface area contributed by atoms with Crippen molar-refractivity contribution in [2.24, 2.45) is 40.9 Å². The predicted octanol–water partition coefficient (Wildman–Crippen LogP) is -12.2. The molecule has 1 fully saturated rings. The van der Waals surface area contributed by atoms with Crippen molar-refractivity contribution in [3.63, 3.8) is 0 Å². The lowest BCUT2D eigenvalue weighted by molar-refractivity contribution is -0.146.